The van der Waals surface area contributed by atoms with Crippen molar-refractivity contribution >= 4 is 29.7 Å². The van der Waals surface area contributed by atoms with Crippen molar-refractivity contribution in [2.24, 2.45) is 57.7 Å². The Bertz CT molecular complexity index is 1580. The molecule has 3 heterocycles. The summed E-state index contributed by atoms with van der Waals surface area (Å²) in [6.45, 7) is 12.9. The predicted molar refractivity (Wildman–Crippen MR) is 165 cm³/mol. The average Bonchev–Trinajstić information content (AvgIpc) is 3.92. The molecule has 8 rings (SSSR count). The van der Waals surface area contributed by atoms with Crippen LogP contribution in [0.1, 0.15) is 61.8 Å². The van der Waals surface area contributed by atoms with Crippen molar-refractivity contribution in [3.8, 4) is 0 Å². The molecular formula is C36H48O14. The molecule has 3 saturated heterocycles. The number of methoxy groups -OCH3 is 2. The Morgan fingerprint density at radius 1 is 0.800 bits per heavy atom. The van der Waals surface area contributed by atoms with Crippen molar-refractivity contribution in [3.63, 3.8) is 0 Å². The van der Waals surface area contributed by atoms with Crippen LogP contribution in [0.2, 0.25) is 0 Å². The molecular weight excluding hydrogens is 656 g/mol. The summed E-state index contributed by atoms with van der Waals surface area (Å²) in [7, 11) is 3.03. The second kappa shape index (κ2) is 10.3. The summed E-state index contributed by atoms with van der Waals surface area (Å²) < 4.78 is 49.7. The van der Waals surface area contributed by atoms with E-state index in [1.165, 1.54) is 34.8 Å². The topological polar surface area (TPSA) is 186 Å². The van der Waals surface area contributed by atoms with Crippen LogP contribution in [0.3, 0.4) is 0 Å². The van der Waals surface area contributed by atoms with E-state index in [-0.39, 0.29) is 17.8 Å². The molecule has 0 bridgehead atoms. The molecule has 2 unspecified atom stereocenters. The molecule has 0 amide bonds. The number of aliphatic hydroxyl groups is 1. The molecule has 0 aromatic heterocycles. The van der Waals surface area contributed by atoms with E-state index in [9.17, 15) is 29.1 Å². The molecule has 1 N–H and O–H groups in total. The summed E-state index contributed by atoms with van der Waals surface area (Å²) in [6.07, 6.45) is -5.91. The van der Waals surface area contributed by atoms with Gasteiger partial charge >= 0.3 is 23.9 Å². The number of ketones is 1. The summed E-state index contributed by atoms with van der Waals surface area (Å²) >= 11 is 0. The lowest BCUT2D eigenvalue weighted by atomic mass is 9.41. The first-order chi connectivity index (χ1) is 23.3. The number of ether oxygens (including phenoxy) is 8. The van der Waals surface area contributed by atoms with Gasteiger partial charge in [0, 0.05) is 75.4 Å². The van der Waals surface area contributed by atoms with E-state index in [1.54, 1.807) is 14.0 Å². The maximum Gasteiger partial charge on any atom is 0.341 e. The molecule has 1 spiro atoms. The molecule has 50 heavy (non-hydrogen) atoms. The molecule has 14 nitrogen and oxygen atoms in total. The highest BCUT2D eigenvalue weighted by Gasteiger charge is 2.93. The van der Waals surface area contributed by atoms with Gasteiger partial charge in [-0.05, 0) is 32.1 Å². The first-order valence-electron chi connectivity index (χ1n) is 17.7. The fourth-order valence-corrected chi connectivity index (χ4v) is 13.4. The average molecular weight is 705 g/mol. The third kappa shape index (κ3) is 3.70. The second-order valence-electron chi connectivity index (χ2n) is 17.0. The third-order valence-electron chi connectivity index (χ3n) is 15.2. The number of hydrogen-bond acceptors (Lipinski definition) is 14. The number of carbonyl (C=O) groups excluding carboxylic acids is 5. The van der Waals surface area contributed by atoms with Crippen LogP contribution in [-0.4, -0.2) is 109 Å². The number of fused-ring (bicyclic) bond motifs is 9. The fourth-order valence-electron chi connectivity index (χ4n) is 13.4. The Kier molecular flexibility index (Phi) is 7.07. The van der Waals surface area contributed by atoms with Crippen LogP contribution in [0, 0.1) is 57.7 Å². The minimum atomic E-state index is -2.00. The number of hydrogen-bond donors (Lipinski definition) is 1. The summed E-state index contributed by atoms with van der Waals surface area (Å²) in [6, 6.07) is 0. The van der Waals surface area contributed by atoms with Gasteiger partial charge in [-0.1, -0.05) is 20.8 Å². The van der Waals surface area contributed by atoms with Crippen LogP contribution in [-0.2, 0) is 61.9 Å². The number of epoxide rings is 2. The lowest BCUT2D eigenvalue weighted by Gasteiger charge is -2.65. The van der Waals surface area contributed by atoms with Crippen molar-refractivity contribution in [3.05, 3.63) is 0 Å². The molecule has 8 aliphatic rings. The van der Waals surface area contributed by atoms with Gasteiger partial charge in [0.05, 0.1) is 17.6 Å². The summed E-state index contributed by atoms with van der Waals surface area (Å²) in [5.74, 6) is -8.47. The number of carbonyl (C=O) groups is 5. The molecule has 20 atom stereocenters. The van der Waals surface area contributed by atoms with Crippen molar-refractivity contribution in [1.29, 1.82) is 0 Å². The zero-order valence-electron chi connectivity index (χ0n) is 30.1. The minimum absolute atomic E-state index is 0.185. The van der Waals surface area contributed by atoms with E-state index in [0.29, 0.717) is 6.42 Å². The van der Waals surface area contributed by atoms with Gasteiger partial charge in [0.15, 0.2) is 11.4 Å². The second-order valence-corrected chi connectivity index (χ2v) is 17.0. The quantitative estimate of drug-likeness (QED) is 0.246. The fraction of sp³-hybridized carbons (Fsp3) is 0.861. The summed E-state index contributed by atoms with van der Waals surface area (Å²) in [5.41, 5.74) is -5.61. The van der Waals surface area contributed by atoms with Crippen LogP contribution in [0.25, 0.3) is 0 Å². The lowest BCUT2D eigenvalue weighted by molar-refractivity contribution is -0.275. The van der Waals surface area contributed by atoms with Gasteiger partial charge in [-0.3, -0.25) is 19.2 Å². The standard InChI is InChI=1S/C36H48O14/c1-12-19-22(34(7)35(8,42)31(41)50-36(34)28(12)49-36)26(44-10)20-18-21(27(45-13(2)37)30(33(19,20)6)47-15(4)39)32(5)16(23(40)25(18)43-9)11-17-24(48-17)29(32)46-14(3)38/h12,16-22,24-30,42H,11H2,1-10H3/t12-,16+,17-,18?,19-,20+,21?,22-,24-,25+,26+,27-,28+,29-,30-,32-,33+,34-,35+,36-/m0/s1. The molecule has 8 fully saturated rings. The molecule has 5 saturated carbocycles. The monoisotopic (exact) mass is 704 g/mol. The highest BCUT2D eigenvalue weighted by atomic mass is 16.8. The Morgan fingerprint density at radius 2 is 1.40 bits per heavy atom. The molecule has 276 valence electrons. The largest absolute Gasteiger partial charge is 0.459 e. The van der Waals surface area contributed by atoms with Crippen LogP contribution >= 0.6 is 0 Å². The smallest absolute Gasteiger partial charge is 0.341 e. The van der Waals surface area contributed by atoms with Crippen molar-refractivity contribution in [1.82, 2.24) is 0 Å². The minimum Gasteiger partial charge on any atom is -0.459 e. The van der Waals surface area contributed by atoms with E-state index in [0.717, 1.165) is 0 Å². The van der Waals surface area contributed by atoms with Crippen molar-refractivity contribution in [2.75, 3.05) is 14.2 Å². The highest BCUT2D eigenvalue weighted by molar-refractivity contribution is 5.89. The van der Waals surface area contributed by atoms with Gasteiger partial charge in [0.1, 0.15) is 36.6 Å². The molecule has 0 aromatic carbocycles. The van der Waals surface area contributed by atoms with Crippen molar-refractivity contribution in [2.45, 2.75) is 122 Å². The SMILES string of the molecule is CO[C@H]1[C@@H]2[C@H]([C@H](C)[C@H]3O[C@]34OC(=O)[C@@](C)(O)[C@]24C)[C@]2(C)[C@@H]1C1C([C@H](OC(C)=O)[C@@H]2OC(C)=O)[C@]2(C)[C@H](C[C@@H]3O[C@@H]3[C@@H]2OC(C)=O)C(=O)[C@@H]1OC. The predicted octanol–water partition coefficient (Wildman–Crippen LogP) is 1.36. The van der Waals surface area contributed by atoms with Crippen LogP contribution in [0.4, 0.5) is 0 Å². The first kappa shape index (κ1) is 34.4. The van der Waals surface area contributed by atoms with Gasteiger partial charge < -0.3 is 43.0 Å². The van der Waals surface area contributed by atoms with E-state index < -0.39 is 130 Å². The third-order valence-corrected chi connectivity index (χ3v) is 15.2. The summed E-state index contributed by atoms with van der Waals surface area (Å²) in [4.78, 5) is 67.4. The van der Waals surface area contributed by atoms with E-state index >= 15 is 0 Å². The van der Waals surface area contributed by atoms with Gasteiger partial charge in [-0.15, -0.1) is 0 Å². The first-order valence-corrected chi connectivity index (χ1v) is 17.7. The van der Waals surface area contributed by atoms with Crippen LogP contribution < -0.4 is 0 Å². The van der Waals surface area contributed by atoms with Crippen LogP contribution in [0.15, 0.2) is 0 Å². The highest BCUT2D eigenvalue weighted by Crippen LogP contribution is 2.81. The van der Waals surface area contributed by atoms with Gasteiger partial charge in [0.2, 0.25) is 5.79 Å². The van der Waals surface area contributed by atoms with E-state index in [2.05, 4.69) is 0 Å². The summed E-state index contributed by atoms with van der Waals surface area (Å²) in [5, 5.41) is 12.1. The van der Waals surface area contributed by atoms with Gasteiger partial charge in [-0.2, -0.15) is 0 Å². The Balaban J connectivity index is 1.41. The number of esters is 4. The van der Waals surface area contributed by atoms with Crippen molar-refractivity contribution < 1.29 is 67.0 Å². The maximum absolute atomic E-state index is 14.9. The molecule has 3 aliphatic heterocycles. The molecule has 0 radical (unpaired) electrons. The normalized spacial score (nSPS) is 57.7. The van der Waals surface area contributed by atoms with Gasteiger partial charge in [-0.25, -0.2) is 4.79 Å². The Labute approximate surface area is 290 Å². The Hall–Kier alpha value is -2.65. The molecule has 0 aromatic rings. The van der Waals surface area contributed by atoms with E-state index in [1.807, 2.05) is 20.8 Å². The van der Waals surface area contributed by atoms with E-state index in [4.69, 9.17) is 37.9 Å². The lowest BCUT2D eigenvalue weighted by Crippen LogP contribution is -2.75. The molecule has 5 aliphatic carbocycles. The van der Waals surface area contributed by atoms with Gasteiger partial charge in [0.25, 0.3) is 0 Å². The number of Topliss-reactive ketones (excluding diaryl/α,β-unsaturated/α-hetero) is 1. The zero-order valence-corrected chi connectivity index (χ0v) is 30.1. The molecule has 14 heteroatoms. The zero-order chi connectivity index (χ0) is 36.4. The van der Waals surface area contributed by atoms with Crippen LogP contribution in [0.5, 0.6) is 0 Å². The number of rotatable bonds is 5. The Morgan fingerprint density at radius 3 is 1.98 bits per heavy atom. The maximum atomic E-state index is 14.9.